The predicted octanol–water partition coefficient (Wildman–Crippen LogP) is 3.28. The predicted molar refractivity (Wildman–Crippen MR) is 72.9 cm³/mol. The minimum absolute atomic E-state index is 0.703. The van der Waals surface area contributed by atoms with E-state index in [1.54, 1.807) is 0 Å². The van der Waals surface area contributed by atoms with Crippen molar-refractivity contribution in [2.24, 2.45) is 0 Å². The Morgan fingerprint density at radius 3 is 2.65 bits per heavy atom. The molecule has 1 aromatic carbocycles. The van der Waals surface area contributed by atoms with Gasteiger partial charge in [-0.05, 0) is 37.9 Å². The molecule has 2 heteroatoms. The SMILES string of the molecule is C=C(C)CCNCc1ccccc1COCC. The van der Waals surface area contributed by atoms with Crippen LogP contribution < -0.4 is 5.32 Å². The first-order chi connectivity index (χ1) is 8.24. The zero-order chi connectivity index (χ0) is 12.5. The smallest absolute Gasteiger partial charge is 0.0719 e. The van der Waals surface area contributed by atoms with Crippen LogP contribution in [0.5, 0.6) is 0 Å². The highest BCUT2D eigenvalue weighted by Gasteiger charge is 2.00. The van der Waals surface area contributed by atoms with E-state index in [-0.39, 0.29) is 0 Å². The molecule has 0 fully saturated rings. The Balaban J connectivity index is 2.43. The average Bonchev–Trinajstić information content (AvgIpc) is 2.33. The van der Waals surface area contributed by atoms with E-state index in [1.807, 2.05) is 6.92 Å². The first-order valence-electron chi connectivity index (χ1n) is 6.23. The molecule has 0 saturated carbocycles. The van der Waals surface area contributed by atoms with Crippen molar-refractivity contribution in [1.29, 1.82) is 0 Å². The topological polar surface area (TPSA) is 21.3 Å². The molecule has 17 heavy (non-hydrogen) atoms. The number of ether oxygens (including phenoxy) is 1. The van der Waals surface area contributed by atoms with Crippen LogP contribution in [0, 0.1) is 0 Å². The van der Waals surface area contributed by atoms with Crippen molar-refractivity contribution in [3.63, 3.8) is 0 Å². The van der Waals surface area contributed by atoms with Gasteiger partial charge in [0.05, 0.1) is 6.61 Å². The molecule has 94 valence electrons. The van der Waals surface area contributed by atoms with Crippen LogP contribution in [0.1, 0.15) is 31.4 Å². The number of hydrogen-bond acceptors (Lipinski definition) is 2. The molecule has 2 nitrogen and oxygen atoms in total. The lowest BCUT2D eigenvalue weighted by Gasteiger charge is -2.10. The molecule has 0 aliphatic rings. The fraction of sp³-hybridized carbons (Fsp3) is 0.467. The van der Waals surface area contributed by atoms with Gasteiger partial charge in [-0.15, -0.1) is 6.58 Å². The fourth-order valence-corrected chi connectivity index (χ4v) is 1.61. The van der Waals surface area contributed by atoms with Crippen molar-refractivity contribution in [2.45, 2.75) is 33.4 Å². The summed E-state index contributed by atoms with van der Waals surface area (Å²) in [6.07, 6.45) is 1.04. The number of benzene rings is 1. The van der Waals surface area contributed by atoms with E-state index in [0.29, 0.717) is 6.61 Å². The standard InChI is InChI=1S/C15H23NO/c1-4-17-12-15-8-6-5-7-14(15)11-16-10-9-13(2)3/h5-8,16H,2,4,9-12H2,1,3H3. The molecule has 0 radical (unpaired) electrons. The number of rotatable bonds is 8. The summed E-state index contributed by atoms with van der Waals surface area (Å²) in [6, 6.07) is 8.42. The first-order valence-corrected chi connectivity index (χ1v) is 6.23. The third kappa shape index (κ3) is 5.66. The lowest BCUT2D eigenvalue weighted by molar-refractivity contribution is 0.133. The van der Waals surface area contributed by atoms with Crippen LogP contribution in [0.2, 0.25) is 0 Å². The molecular formula is C15H23NO. The van der Waals surface area contributed by atoms with E-state index in [1.165, 1.54) is 16.7 Å². The monoisotopic (exact) mass is 233 g/mol. The maximum absolute atomic E-state index is 5.46. The molecule has 0 aliphatic carbocycles. The minimum atomic E-state index is 0.703. The zero-order valence-corrected chi connectivity index (χ0v) is 11.0. The molecule has 0 spiro atoms. The molecule has 1 N–H and O–H groups in total. The van der Waals surface area contributed by atoms with Crippen LogP contribution in [0.4, 0.5) is 0 Å². The van der Waals surface area contributed by atoms with Crippen molar-refractivity contribution < 1.29 is 4.74 Å². The summed E-state index contributed by atoms with van der Waals surface area (Å²) in [6.45, 7) is 11.3. The Labute approximate surface area is 105 Å². The van der Waals surface area contributed by atoms with E-state index in [2.05, 4.69) is 43.1 Å². The van der Waals surface area contributed by atoms with Crippen molar-refractivity contribution in [1.82, 2.24) is 5.32 Å². The Kier molecular flexibility index (Phi) is 6.60. The quantitative estimate of drug-likeness (QED) is 0.549. The highest BCUT2D eigenvalue weighted by atomic mass is 16.5. The molecular weight excluding hydrogens is 210 g/mol. The van der Waals surface area contributed by atoms with Gasteiger partial charge in [0.1, 0.15) is 0 Å². The summed E-state index contributed by atoms with van der Waals surface area (Å²) in [7, 11) is 0. The summed E-state index contributed by atoms with van der Waals surface area (Å²) in [5.74, 6) is 0. The van der Waals surface area contributed by atoms with Gasteiger partial charge in [-0.2, -0.15) is 0 Å². The lowest BCUT2D eigenvalue weighted by atomic mass is 10.1. The molecule has 0 bridgehead atoms. The van der Waals surface area contributed by atoms with Crippen molar-refractivity contribution >= 4 is 0 Å². The van der Waals surface area contributed by atoms with E-state index in [9.17, 15) is 0 Å². The summed E-state index contributed by atoms with van der Waals surface area (Å²) < 4.78 is 5.46. The second-order valence-corrected chi connectivity index (χ2v) is 4.29. The van der Waals surface area contributed by atoms with Crippen molar-refractivity contribution in [3.05, 3.63) is 47.5 Å². The molecule has 0 heterocycles. The van der Waals surface area contributed by atoms with Gasteiger partial charge >= 0.3 is 0 Å². The maximum Gasteiger partial charge on any atom is 0.0719 e. The van der Waals surface area contributed by atoms with Gasteiger partial charge < -0.3 is 10.1 Å². The zero-order valence-electron chi connectivity index (χ0n) is 11.0. The van der Waals surface area contributed by atoms with Gasteiger partial charge in [-0.25, -0.2) is 0 Å². The van der Waals surface area contributed by atoms with Gasteiger partial charge in [0.25, 0.3) is 0 Å². The Morgan fingerprint density at radius 1 is 1.29 bits per heavy atom. The number of hydrogen-bond donors (Lipinski definition) is 1. The number of nitrogens with one attached hydrogen (secondary N) is 1. The molecule has 0 unspecified atom stereocenters. The first kappa shape index (κ1) is 13.9. The van der Waals surface area contributed by atoms with E-state index in [4.69, 9.17) is 4.74 Å². The van der Waals surface area contributed by atoms with Gasteiger partial charge in [0.15, 0.2) is 0 Å². The third-order valence-electron chi connectivity index (χ3n) is 2.62. The van der Waals surface area contributed by atoms with Gasteiger partial charge in [0, 0.05) is 13.2 Å². The van der Waals surface area contributed by atoms with E-state index in [0.717, 1.165) is 26.1 Å². The third-order valence-corrected chi connectivity index (χ3v) is 2.62. The Morgan fingerprint density at radius 2 is 2.00 bits per heavy atom. The molecule has 0 aliphatic heterocycles. The summed E-state index contributed by atoms with van der Waals surface area (Å²) in [5, 5.41) is 3.43. The van der Waals surface area contributed by atoms with Gasteiger partial charge in [0.2, 0.25) is 0 Å². The van der Waals surface area contributed by atoms with E-state index < -0.39 is 0 Å². The normalized spacial score (nSPS) is 10.5. The fourth-order valence-electron chi connectivity index (χ4n) is 1.61. The summed E-state index contributed by atoms with van der Waals surface area (Å²) in [4.78, 5) is 0. The summed E-state index contributed by atoms with van der Waals surface area (Å²) in [5.41, 5.74) is 3.82. The minimum Gasteiger partial charge on any atom is -0.377 e. The maximum atomic E-state index is 5.46. The lowest BCUT2D eigenvalue weighted by Crippen LogP contribution is -2.16. The van der Waals surface area contributed by atoms with Crippen molar-refractivity contribution in [2.75, 3.05) is 13.2 Å². The summed E-state index contributed by atoms with van der Waals surface area (Å²) >= 11 is 0. The largest absolute Gasteiger partial charge is 0.377 e. The molecule has 0 atom stereocenters. The highest BCUT2D eigenvalue weighted by Crippen LogP contribution is 2.10. The highest BCUT2D eigenvalue weighted by molar-refractivity contribution is 5.26. The second kappa shape index (κ2) is 8.04. The van der Waals surface area contributed by atoms with Crippen LogP contribution in [0.15, 0.2) is 36.4 Å². The molecule has 1 aromatic rings. The average molecular weight is 233 g/mol. The van der Waals surface area contributed by atoms with Crippen LogP contribution in [0.3, 0.4) is 0 Å². The van der Waals surface area contributed by atoms with E-state index >= 15 is 0 Å². The Bertz CT molecular complexity index is 347. The van der Waals surface area contributed by atoms with Crippen LogP contribution >= 0.6 is 0 Å². The molecule has 0 saturated heterocycles. The molecule has 0 amide bonds. The Hall–Kier alpha value is -1.12. The molecule has 1 rings (SSSR count). The second-order valence-electron chi connectivity index (χ2n) is 4.29. The van der Waals surface area contributed by atoms with Gasteiger partial charge in [-0.3, -0.25) is 0 Å². The van der Waals surface area contributed by atoms with Crippen LogP contribution in [-0.4, -0.2) is 13.2 Å². The van der Waals surface area contributed by atoms with Crippen molar-refractivity contribution in [3.8, 4) is 0 Å². The molecule has 0 aromatic heterocycles. The van der Waals surface area contributed by atoms with Crippen LogP contribution in [0.25, 0.3) is 0 Å². The van der Waals surface area contributed by atoms with Crippen LogP contribution in [-0.2, 0) is 17.9 Å². The van der Waals surface area contributed by atoms with Gasteiger partial charge in [-0.1, -0.05) is 29.8 Å².